The van der Waals surface area contributed by atoms with Crippen molar-refractivity contribution in [3.63, 3.8) is 0 Å². The van der Waals surface area contributed by atoms with Crippen LogP contribution < -0.4 is 0 Å². The van der Waals surface area contributed by atoms with Gasteiger partial charge in [0.1, 0.15) is 5.82 Å². The molecule has 2 rings (SSSR count). The lowest BCUT2D eigenvalue weighted by molar-refractivity contribution is 0.112. The quantitative estimate of drug-likeness (QED) is 0.582. The molecule has 0 aliphatic carbocycles. The summed E-state index contributed by atoms with van der Waals surface area (Å²) in [6.07, 6.45) is 0.770. The number of benzene rings is 1. The van der Waals surface area contributed by atoms with Crippen molar-refractivity contribution < 1.29 is 9.18 Å². The summed E-state index contributed by atoms with van der Waals surface area (Å²) in [6.45, 7) is 0. The van der Waals surface area contributed by atoms with Crippen LogP contribution in [-0.4, -0.2) is 6.29 Å². The minimum atomic E-state index is -0.256. The maximum atomic E-state index is 13.2. The second kappa shape index (κ2) is 3.34. The molecule has 0 unspecified atom stereocenters. The molecule has 2 aromatic rings. The topological polar surface area (TPSA) is 17.1 Å². The van der Waals surface area contributed by atoms with E-state index in [-0.39, 0.29) is 5.82 Å². The van der Waals surface area contributed by atoms with E-state index in [1.165, 1.54) is 17.4 Å². The van der Waals surface area contributed by atoms with Crippen molar-refractivity contribution in [3.05, 3.63) is 32.5 Å². The van der Waals surface area contributed by atoms with Crippen LogP contribution in [-0.2, 0) is 0 Å². The Kier molecular flexibility index (Phi) is 2.33. The Labute approximate surface area is 91.7 Å². The van der Waals surface area contributed by atoms with Gasteiger partial charge in [-0.05, 0) is 28.7 Å². The van der Waals surface area contributed by atoms with Gasteiger partial charge in [0, 0.05) is 8.96 Å². The van der Waals surface area contributed by atoms with Gasteiger partial charge in [0.15, 0.2) is 6.29 Å². The lowest BCUT2D eigenvalue weighted by atomic mass is 10.2. The van der Waals surface area contributed by atoms with Crippen molar-refractivity contribution >= 4 is 50.3 Å². The van der Waals surface area contributed by atoms with Crippen LogP contribution >= 0.6 is 33.9 Å². The molecule has 0 N–H and O–H groups in total. The summed E-state index contributed by atoms with van der Waals surface area (Å²) in [5.74, 6) is -0.256. The molecule has 0 fully saturated rings. The lowest BCUT2D eigenvalue weighted by Crippen LogP contribution is -1.75. The van der Waals surface area contributed by atoms with Gasteiger partial charge < -0.3 is 0 Å². The number of aldehydes is 1. The highest BCUT2D eigenvalue weighted by Gasteiger charge is 2.11. The number of hydrogen-bond acceptors (Lipinski definition) is 2. The fourth-order valence-corrected chi connectivity index (χ4v) is 3.15. The molecule has 0 saturated heterocycles. The molecule has 1 aromatic heterocycles. The molecule has 0 radical (unpaired) electrons. The lowest BCUT2D eigenvalue weighted by Gasteiger charge is -1.90. The Morgan fingerprint density at radius 1 is 1.46 bits per heavy atom. The average molecular weight is 306 g/mol. The summed E-state index contributed by atoms with van der Waals surface area (Å²) in [5, 5.41) is 0.827. The molecule has 0 atom stereocenters. The molecule has 66 valence electrons. The molecule has 1 nitrogen and oxygen atoms in total. The van der Waals surface area contributed by atoms with Gasteiger partial charge >= 0.3 is 0 Å². The molecule has 0 bridgehead atoms. The van der Waals surface area contributed by atoms with Crippen LogP contribution in [0.4, 0.5) is 4.39 Å². The van der Waals surface area contributed by atoms with Gasteiger partial charge in [-0.25, -0.2) is 4.39 Å². The molecule has 13 heavy (non-hydrogen) atoms. The predicted molar refractivity (Wildman–Crippen MR) is 59.9 cm³/mol. The molecule has 1 heterocycles. The van der Waals surface area contributed by atoms with Crippen molar-refractivity contribution in [3.8, 4) is 0 Å². The van der Waals surface area contributed by atoms with Crippen LogP contribution in [0.2, 0.25) is 0 Å². The van der Waals surface area contributed by atoms with Crippen LogP contribution in [0.5, 0.6) is 0 Å². The van der Waals surface area contributed by atoms with Gasteiger partial charge in [-0.2, -0.15) is 0 Å². The number of hydrogen-bond donors (Lipinski definition) is 0. The maximum absolute atomic E-state index is 13.2. The minimum Gasteiger partial charge on any atom is -0.297 e. The Balaban J connectivity index is 2.91. The number of halogens is 2. The van der Waals surface area contributed by atoms with E-state index in [0.717, 1.165) is 15.2 Å². The van der Waals surface area contributed by atoms with Crippen molar-refractivity contribution in [1.29, 1.82) is 0 Å². The number of fused-ring (bicyclic) bond motifs is 1. The highest BCUT2D eigenvalue weighted by molar-refractivity contribution is 14.1. The van der Waals surface area contributed by atoms with E-state index in [2.05, 4.69) is 22.6 Å². The SMILES string of the molecule is O=Cc1sc2c(F)cccc2c1I. The summed E-state index contributed by atoms with van der Waals surface area (Å²) < 4.78 is 14.6. The van der Waals surface area contributed by atoms with Crippen LogP contribution in [0.1, 0.15) is 9.67 Å². The van der Waals surface area contributed by atoms with Gasteiger partial charge in [-0.3, -0.25) is 4.79 Å². The van der Waals surface area contributed by atoms with E-state index < -0.39 is 0 Å². The first-order valence-corrected chi connectivity index (χ1v) is 5.45. The molecule has 0 aliphatic heterocycles. The summed E-state index contributed by atoms with van der Waals surface area (Å²) in [4.78, 5) is 11.2. The number of thiophene rings is 1. The molecule has 0 spiro atoms. The molecule has 0 amide bonds. The molecule has 1 aromatic carbocycles. The molecular weight excluding hydrogens is 302 g/mol. The monoisotopic (exact) mass is 306 g/mol. The summed E-state index contributed by atoms with van der Waals surface area (Å²) in [6, 6.07) is 4.88. The maximum Gasteiger partial charge on any atom is 0.161 e. The van der Waals surface area contributed by atoms with Gasteiger partial charge in [0.05, 0.1) is 9.58 Å². The molecule has 0 aliphatic rings. The van der Waals surface area contributed by atoms with Gasteiger partial charge in [-0.1, -0.05) is 12.1 Å². The number of carbonyl (C=O) groups is 1. The second-order valence-electron chi connectivity index (χ2n) is 2.51. The van der Waals surface area contributed by atoms with E-state index in [1.807, 2.05) is 6.07 Å². The van der Waals surface area contributed by atoms with Crippen LogP contribution in [0.15, 0.2) is 18.2 Å². The Morgan fingerprint density at radius 2 is 2.23 bits per heavy atom. The van der Waals surface area contributed by atoms with E-state index in [1.54, 1.807) is 6.07 Å². The zero-order chi connectivity index (χ0) is 9.42. The third-order valence-electron chi connectivity index (χ3n) is 1.74. The Bertz CT molecular complexity index is 478. The van der Waals surface area contributed by atoms with Crippen molar-refractivity contribution in [2.45, 2.75) is 0 Å². The molecular formula is C9H4FIOS. The third-order valence-corrected chi connectivity index (χ3v) is 4.41. The van der Waals surface area contributed by atoms with E-state index in [4.69, 9.17) is 0 Å². The highest BCUT2D eigenvalue weighted by atomic mass is 127. The predicted octanol–water partition coefficient (Wildman–Crippen LogP) is 3.46. The minimum absolute atomic E-state index is 0.256. The Morgan fingerprint density at radius 3 is 2.85 bits per heavy atom. The van der Waals surface area contributed by atoms with E-state index in [0.29, 0.717) is 9.58 Å². The summed E-state index contributed by atoms with van der Waals surface area (Å²) in [7, 11) is 0. The van der Waals surface area contributed by atoms with Crippen molar-refractivity contribution in [2.24, 2.45) is 0 Å². The van der Waals surface area contributed by atoms with Crippen molar-refractivity contribution in [1.82, 2.24) is 0 Å². The van der Waals surface area contributed by atoms with Crippen LogP contribution in [0.3, 0.4) is 0 Å². The number of carbonyl (C=O) groups excluding carboxylic acids is 1. The highest BCUT2D eigenvalue weighted by Crippen LogP contribution is 2.32. The smallest absolute Gasteiger partial charge is 0.161 e. The fourth-order valence-electron chi connectivity index (χ4n) is 1.15. The molecule has 4 heteroatoms. The number of rotatable bonds is 1. The van der Waals surface area contributed by atoms with Crippen molar-refractivity contribution in [2.75, 3.05) is 0 Å². The van der Waals surface area contributed by atoms with Gasteiger partial charge in [0.25, 0.3) is 0 Å². The summed E-state index contributed by atoms with van der Waals surface area (Å²) in [5.41, 5.74) is 0. The largest absolute Gasteiger partial charge is 0.297 e. The molecule has 0 saturated carbocycles. The van der Waals surface area contributed by atoms with E-state index >= 15 is 0 Å². The first kappa shape index (κ1) is 9.08. The zero-order valence-corrected chi connectivity index (χ0v) is 9.36. The van der Waals surface area contributed by atoms with Gasteiger partial charge in [0.2, 0.25) is 0 Å². The average Bonchev–Trinajstić information content (AvgIpc) is 2.45. The Hall–Kier alpha value is -0.490. The standard InChI is InChI=1S/C9H4FIOS/c10-6-3-1-2-5-8(11)7(4-12)13-9(5)6/h1-4H. The first-order valence-electron chi connectivity index (χ1n) is 3.55. The third kappa shape index (κ3) is 1.38. The zero-order valence-electron chi connectivity index (χ0n) is 6.38. The fraction of sp³-hybridized carbons (Fsp3) is 0. The van der Waals surface area contributed by atoms with E-state index in [9.17, 15) is 9.18 Å². The summed E-state index contributed by atoms with van der Waals surface area (Å²) >= 11 is 3.26. The van der Waals surface area contributed by atoms with Gasteiger partial charge in [-0.15, -0.1) is 11.3 Å². The van der Waals surface area contributed by atoms with Crippen LogP contribution in [0.25, 0.3) is 10.1 Å². The normalized spacial score (nSPS) is 10.6. The van der Waals surface area contributed by atoms with Crippen LogP contribution in [0, 0.1) is 9.39 Å². The first-order chi connectivity index (χ1) is 6.24. The second-order valence-corrected chi connectivity index (χ2v) is 4.65.